The molecule has 4 aliphatic carbocycles. The summed E-state index contributed by atoms with van der Waals surface area (Å²) < 4.78 is 0.928. The van der Waals surface area contributed by atoms with Gasteiger partial charge in [-0.1, -0.05) is 47.5 Å². The van der Waals surface area contributed by atoms with Crippen LogP contribution >= 0.6 is 0 Å². The second kappa shape index (κ2) is 10.8. The van der Waals surface area contributed by atoms with Crippen LogP contribution in [0, 0.1) is 52.3 Å². The highest BCUT2D eigenvalue weighted by molar-refractivity contribution is 5.72. The molecule has 0 spiro atoms. The number of piperidine rings is 1. The van der Waals surface area contributed by atoms with Crippen molar-refractivity contribution in [2.45, 2.75) is 131 Å². The summed E-state index contributed by atoms with van der Waals surface area (Å²) in [4.78, 5) is 4.87. The van der Waals surface area contributed by atoms with Crippen LogP contribution in [0.15, 0.2) is 4.99 Å². The van der Waals surface area contributed by atoms with E-state index >= 15 is 0 Å². The van der Waals surface area contributed by atoms with Crippen molar-refractivity contribution in [3.63, 3.8) is 0 Å². The van der Waals surface area contributed by atoms with Crippen molar-refractivity contribution in [3.8, 4) is 0 Å². The number of likely N-dealkylation sites (N-methyl/N-ethyl adjacent to an activating group) is 1. The Morgan fingerprint density at radius 1 is 0.865 bits per heavy atom. The Labute approximate surface area is 229 Å². The van der Waals surface area contributed by atoms with Gasteiger partial charge in [-0.2, -0.15) is 0 Å². The second-order valence-electron chi connectivity index (χ2n) is 16.1. The van der Waals surface area contributed by atoms with Gasteiger partial charge in [-0.25, -0.2) is 0 Å². The van der Waals surface area contributed by atoms with E-state index in [0.29, 0.717) is 23.4 Å². The van der Waals surface area contributed by atoms with Crippen LogP contribution < -0.4 is 5.11 Å². The van der Waals surface area contributed by atoms with Gasteiger partial charge in [0.15, 0.2) is 0 Å². The number of quaternary nitrogens is 1. The molecule has 1 heterocycles. The fraction of sp³-hybridized carbons (Fsp3) is 0.971. The van der Waals surface area contributed by atoms with E-state index in [4.69, 9.17) is 4.99 Å². The molecule has 9 atom stereocenters. The zero-order chi connectivity index (χ0) is 26.4. The highest BCUT2D eigenvalue weighted by atomic mass is 16.3. The van der Waals surface area contributed by atoms with Crippen LogP contribution in [0.5, 0.6) is 0 Å². The molecule has 5 rings (SSSR count). The average molecular weight is 513 g/mol. The van der Waals surface area contributed by atoms with E-state index in [0.717, 1.165) is 65.4 Å². The molecule has 5 fully saturated rings. The molecule has 5 aliphatic rings. The van der Waals surface area contributed by atoms with Gasteiger partial charge in [-0.05, 0) is 129 Å². The van der Waals surface area contributed by atoms with Gasteiger partial charge in [-0.15, -0.1) is 0 Å². The van der Waals surface area contributed by atoms with Gasteiger partial charge in [0.25, 0.3) is 0 Å². The Kier molecular flexibility index (Phi) is 8.15. The Balaban J connectivity index is 1.22. The molecule has 3 heteroatoms. The number of aliphatic imine (C=N–C) groups is 1. The maximum absolute atomic E-state index is 13.0. The summed E-state index contributed by atoms with van der Waals surface area (Å²) in [6.07, 6.45) is 19.1. The van der Waals surface area contributed by atoms with Crippen molar-refractivity contribution >= 4 is 5.90 Å². The normalized spacial score (nSPS) is 44.7. The largest absolute Gasteiger partial charge is 0.858 e. The van der Waals surface area contributed by atoms with E-state index in [1.54, 1.807) is 0 Å². The third kappa shape index (κ3) is 5.43. The summed E-state index contributed by atoms with van der Waals surface area (Å²) >= 11 is 0. The summed E-state index contributed by atoms with van der Waals surface area (Å²) in [5.41, 5.74) is 1.08. The molecular formula is C34H60N2O. The van der Waals surface area contributed by atoms with Crippen LogP contribution in [0.25, 0.3) is 0 Å². The van der Waals surface area contributed by atoms with Gasteiger partial charge in [-0.3, -0.25) is 4.99 Å². The van der Waals surface area contributed by atoms with Crippen molar-refractivity contribution < 1.29 is 9.59 Å². The predicted molar refractivity (Wildman–Crippen MR) is 154 cm³/mol. The van der Waals surface area contributed by atoms with Gasteiger partial charge in [0, 0.05) is 11.9 Å². The minimum atomic E-state index is 0.198. The number of nitrogens with zero attached hydrogens (tertiary/aromatic N) is 2. The molecule has 0 aromatic heterocycles. The first-order valence-corrected chi connectivity index (χ1v) is 16.6. The van der Waals surface area contributed by atoms with Crippen molar-refractivity contribution in [2.75, 3.05) is 26.7 Å². The van der Waals surface area contributed by atoms with Crippen molar-refractivity contribution in [1.29, 1.82) is 0 Å². The molecule has 0 amide bonds. The van der Waals surface area contributed by atoms with Gasteiger partial charge >= 0.3 is 0 Å². The first kappa shape index (κ1) is 28.0. The minimum Gasteiger partial charge on any atom is -0.858 e. The lowest BCUT2D eigenvalue weighted by atomic mass is 9.44. The standard InChI is InChI=1S/C34H60N2O/c1-24(2)10-11-25(3)29-14-15-30-28-13-12-26-22-27(35-32(37)23-36(6)20-8-7-9-21-36)16-18-33(26,4)31(28)17-19-34(29,30)5/h24-31H,7-23H2,1-6H3/t25-,26+,27+,28+,29+,30+,31+,33+,34-/m1/s1. The number of hydrogen-bond donors (Lipinski definition) is 0. The zero-order valence-corrected chi connectivity index (χ0v) is 25.4. The van der Waals surface area contributed by atoms with Gasteiger partial charge in [0.2, 0.25) is 0 Å². The van der Waals surface area contributed by atoms with E-state index in [1.807, 2.05) is 0 Å². The molecule has 0 aromatic rings. The summed E-state index contributed by atoms with van der Waals surface area (Å²) in [6, 6.07) is 0.296. The lowest BCUT2D eigenvalue weighted by Gasteiger charge is -2.61. The molecule has 1 aliphatic heterocycles. The van der Waals surface area contributed by atoms with Crippen molar-refractivity contribution in [2.24, 2.45) is 57.2 Å². The number of rotatable bonds is 7. The second-order valence-corrected chi connectivity index (χ2v) is 16.1. The number of likely N-dealkylation sites (tertiary alicyclic amines) is 1. The lowest BCUT2D eigenvalue weighted by Crippen LogP contribution is -2.54. The monoisotopic (exact) mass is 512 g/mol. The third-order valence-electron chi connectivity index (χ3n) is 13.3. The van der Waals surface area contributed by atoms with Crippen LogP contribution in [-0.4, -0.2) is 43.1 Å². The average Bonchev–Trinajstić information content (AvgIpc) is 3.20. The summed E-state index contributed by atoms with van der Waals surface area (Å²) in [5.74, 6) is 6.51. The minimum absolute atomic E-state index is 0.198. The summed E-state index contributed by atoms with van der Waals surface area (Å²) in [5, 5.41) is 13.0. The van der Waals surface area contributed by atoms with E-state index in [9.17, 15) is 5.11 Å². The molecule has 0 aromatic carbocycles. The fourth-order valence-corrected chi connectivity index (χ4v) is 11.1. The number of fused-ring (bicyclic) bond motifs is 5. The highest BCUT2D eigenvalue weighted by Crippen LogP contribution is 2.68. The Bertz CT molecular complexity index is 815. The molecule has 3 nitrogen and oxygen atoms in total. The van der Waals surface area contributed by atoms with Gasteiger partial charge in [0.05, 0.1) is 20.1 Å². The molecule has 0 unspecified atom stereocenters. The van der Waals surface area contributed by atoms with Crippen LogP contribution in [-0.2, 0) is 0 Å². The summed E-state index contributed by atoms with van der Waals surface area (Å²) in [7, 11) is 2.28. The molecule has 0 N–H and O–H groups in total. The maximum atomic E-state index is 13.0. The van der Waals surface area contributed by atoms with E-state index < -0.39 is 0 Å². The first-order chi connectivity index (χ1) is 17.5. The summed E-state index contributed by atoms with van der Waals surface area (Å²) in [6.45, 7) is 15.7. The Morgan fingerprint density at radius 2 is 1.57 bits per heavy atom. The Hall–Kier alpha value is -0.570. The third-order valence-corrected chi connectivity index (χ3v) is 13.3. The van der Waals surface area contributed by atoms with E-state index in [2.05, 4.69) is 41.7 Å². The molecular weight excluding hydrogens is 452 g/mol. The topological polar surface area (TPSA) is 35.4 Å². The van der Waals surface area contributed by atoms with Crippen molar-refractivity contribution in [3.05, 3.63) is 0 Å². The molecule has 0 radical (unpaired) electrons. The zero-order valence-electron chi connectivity index (χ0n) is 25.4. The number of hydrogen-bond acceptors (Lipinski definition) is 2. The van der Waals surface area contributed by atoms with Crippen molar-refractivity contribution in [1.82, 2.24) is 0 Å². The van der Waals surface area contributed by atoms with Crippen LogP contribution in [0.2, 0.25) is 0 Å². The molecule has 0 bridgehead atoms. The quantitative estimate of drug-likeness (QED) is 0.198. The first-order valence-electron chi connectivity index (χ1n) is 16.6. The SMILES string of the molecule is CC(C)CC[C@@H](C)[C@@H]1CC[C@H]2[C@@H]3CC[C@H]4C[C@@H](N=C([O-])C[N+]5(C)CCCCC5)CC[C@]4(C)[C@H]3CC[C@@]21C. The van der Waals surface area contributed by atoms with Crippen LogP contribution in [0.4, 0.5) is 0 Å². The molecule has 212 valence electrons. The predicted octanol–water partition coefficient (Wildman–Crippen LogP) is 7.48. The fourth-order valence-electron chi connectivity index (χ4n) is 11.1. The Morgan fingerprint density at radius 3 is 2.30 bits per heavy atom. The van der Waals surface area contributed by atoms with Crippen LogP contribution in [0.1, 0.15) is 125 Å². The van der Waals surface area contributed by atoms with Crippen LogP contribution in [0.3, 0.4) is 0 Å². The van der Waals surface area contributed by atoms with Gasteiger partial charge < -0.3 is 9.59 Å². The van der Waals surface area contributed by atoms with E-state index in [1.165, 1.54) is 83.5 Å². The smallest absolute Gasteiger partial charge is 0.107 e. The molecule has 37 heavy (non-hydrogen) atoms. The van der Waals surface area contributed by atoms with E-state index in [-0.39, 0.29) is 5.90 Å². The van der Waals surface area contributed by atoms with Gasteiger partial charge in [0.1, 0.15) is 6.54 Å². The molecule has 4 saturated carbocycles. The molecule has 1 saturated heterocycles. The maximum Gasteiger partial charge on any atom is 0.107 e. The highest BCUT2D eigenvalue weighted by Gasteiger charge is 2.60. The lowest BCUT2D eigenvalue weighted by molar-refractivity contribution is -0.907.